The first kappa shape index (κ1) is 17.4. The van der Waals surface area contributed by atoms with Gasteiger partial charge in [-0.25, -0.2) is 0 Å². The van der Waals surface area contributed by atoms with Gasteiger partial charge in [0.1, 0.15) is 11.7 Å². The number of carbonyl (C=O) groups is 1. The summed E-state index contributed by atoms with van der Waals surface area (Å²) in [7, 11) is 0. The summed E-state index contributed by atoms with van der Waals surface area (Å²) in [4.78, 5) is 13.7. The van der Waals surface area contributed by atoms with E-state index in [9.17, 15) is 25.2 Å². The molecule has 2 fully saturated rings. The van der Waals surface area contributed by atoms with Crippen molar-refractivity contribution in [1.29, 1.82) is 0 Å². The highest BCUT2D eigenvalue weighted by molar-refractivity contribution is 5.95. The Hall–Kier alpha value is -1.01. The molecule has 0 aromatic rings. The van der Waals surface area contributed by atoms with Crippen molar-refractivity contribution in [2.24, 2.45) is 28.6 Å². The minimum Gasteiger partial charge on any atom is -0.392 e. The summed E-state index contributed by atoms with van der Waals surface area (Å²) in [6, 6.07) is 0. The fraction of sp³-hybridized carbons (Fsp3) is 0.750. The molecule has 4 N–H and O–H groups in total. The third-order valence-corrected chi connectivity index (χ3v) is 7.96. The van der Waals surface area contributed by atoms with E-state index >= 15 is 0 Å². The van der Waals surface area contributed by atoms with E-state index in [0.717, 1.165) is 0 Å². The summed E-state index contributed by atoms with van der Waals surface area (Å²) >= 11 is 0. The van der Waals surface area contributed by atoms with Crippen LogP contribution in [0.15, 0.2) is 23.3 Å². The van der Waals surface area contributed by atoms with Crippen LogP contribution in [0.2, 0.25) is 0 Å². The van der Waals surface area contributed by atoms with E-state index in [1.165, 1.54) is 0 Å². The van der Waals surface area contributed by atoms with E-state index < -0.39 is 34.1 Å². The molecule has 4 rings (SSSR count). The van der Waals surface area contributed by atoms with Crippen LogP contribution in [-0.2, 0) is 4.79 Å². The first-order valence-electron chi connectivity index (χ1n) is 9.14. The molecular formula is C20H28O5. The fourth-order valence-electron chi connectivity index (χ4n) is 6.51. The molecule has 138 valence electrons. The molecule has 5 heteroatoms. The zero-order chi connectivity index (χ0) is 18.6. The van der Waals surface area contributed by atoms with Gasteiger partial charge in [-0.2, -0.15) is 0 Å². The first-order valence-corrected chi connectivity index (χ1v) is 9.14. The summed E-state index contributed by atoms with van der Waals surface area (Å²) in [6.45, 7) is 7.30. The molecule has 0 amide bonds. The number of hydrogen-bond acceptors (Lipinski definition) is 5. The molecular weight excluding hydrogens is 320 g/mol. The van der Waals surface area contributed by atoms with Gasteiger partial charge < -0.3 is 20.4 Å². The Morgan fingerprint density at radius 1 is 1.24 bits per heavy atom. The number of fused-ring (bicyclic) bond motifs is 3. The second-order valence-corrected chi connectivity index (χ2v) is 9.36. The minimum absolute atomic E-state index is 0.0661. The first-order chi connectivity index (χ1) is 11.5. The van der Waals surface area contributed by atoms with Crippen molar-refractivity contribution >= 4 is 5.78 Å². The predicted molar refractivity (Wildman–Crippen MR) is 91.4 cm³/mol. The number of Topliss-reactive ketones (excluding diaryl/α,β-unsaturated/α-hetero) is 1. The number of hydrogen-bond donors (Lipinski definition) is 4. The summed E-state index contributed by atoms with van der Waals surface area (Å²) in [6.07, 6.45) is 2.82. The smallest absolute Gasteiger partial charge is 0.153 e. The van der Waals surface area contributed by atoms with Gasteiger partial charge in [0.15, 0.2) is 5.78 Å². The Kier molecular flexibility index (Phi) is 3.23. The van der Waals surface area contributed by atoms with Gasteiger partial charge in [-0.15, -0.1) is 0 Å². The average molecular weight is 348 g/mol. The zero-order valence-electron chi connectivity index (χ0n) is 15.3. The maximum absolute atomic E-state index is 13.7. The van der Waals surface area contributed by atoms with E-state index in [4.69, 9.17) is 0 Å². The maximum atomic E-state index is 13.7. The van der Waals surface area contributed by atoms with Crippen LogP contribution in [0, 0.1) is 28.6 Å². The summed E-state index contributed by atoms with van der Waals surface area (Å²) in [5, 5.41) is 43.3. The minimum atomic E-state index is -1.67. The van der Waals surface area contributed by atoms with Crippen molar-refractivity contribution in [2.45, 2.75) is 57.8 Å². The quantitative estimate of drug-likeness (QED) is 0.529. The third-order valence-electron chi connectivity index (χ3n) is 7.96. The van der Waals surface area contributed by atoms with Gasteiger partial charge >= 0.3 is 0 Å². The van der Waals surface area contributed by atoms with Crippen LogP contribution in [-0.4, -0.2) is 50.1 Å². The van der Waals surface area contributed by atoms with Crippen LogP contribution in [0.3, 0.4) is 0 Å². The van der Waals surface area contributed by atoms with Crippen molar-refractivity contribution in [3.05, 3.63) is 23.3 Å². The molecule has 7 atom stereocenters. The number of rotatable bonds is 1. The van der Waals surface area contributed by atoms with Gasteiger partial charge in [-0.05, 0) is 30.4 Å². The molecule has 0 aromatic heterocycles. The average Bonchev–Trinajstić information content (AvgIpc) is 2.93. The van der Waals surface area contributed by atoms with E-state index in [-0.39, 0.29) is 30.6 Å². The van der Waals surface area contributed by atoms with Gasteiger partial charge in [-0.1, -0.05) is 32.9 Å². The van der Waals surface area contributed by atoms with E-state index in [1.807, 2.05) is 20.8 Å². The third kappa shape index (κ3) is 1.67. The van der Waals surface area contributed by atoms with Crippen LogP contribution < -0.4 is 0 Å². The zero-order valence-corrected chi connectivity index (χ0v) is 15.3. The van der Waals surface area contributed by atoms with Crippen molar-refractivity contribution in [2.75, 3.05) is 6.61 Å². The van der Waals surface area contributed by atoms with Crippen molar-refractivity contribution < 1.29 is 25.2 Å². The van der Waals surface area contributed by atoms with Gasteiger partial charge in [0.25, 0.3) is 0 Å². The van der Waals surface area contributed by atoms with Crippen LogP contribution in [0.25, 0.3) is 0 Å². The number of allylic oxidation sites excluding steroid dienone is 1. The second-order valence-electron chi connectivity index (χ2n) is 9.36. The Morgan fingerprint density at radius 2 is 1.88 bits per heavy atom. The van der Waals surface area contributed by atoms with Crippen LogP contribution in [0.4, 0.5) is 0 Å². The molecule has 0 aliphatic heterocycles. The van der Waals surface area contributed by atoms with Crippen LogP contribution in [0.5, 0.6) is 0 Å². The maximum Gasteiger partial charge on any atom is 0.153 e. The molecule has 4 aliphatic carbocycles. The summed E-state index contributed by atoms with van der Waals surface area (Å²) < 4.78 is 0. The summed E-state index contributed by atoms with van der Waals surface area (Å²) in [5.41, 5.74) is -3.12. The Labute approximate surface area is 148 Å². The molecule has 0 saturated heterocycles. The van der Waals surface area contributed by atoms with Crippen molar-refractivity contribution in [3.8, 4) is 0 Å². The molecule has 0 radical (unpaired) electrons. The number of ketones is 1. The SMILES string of the molecule is CC1=C[C@]23C(=O)[C@@H](C=C(CO)C[C@]2(O)[C@H]1O)[C@@H]1C(C)(C)[C@]1(O)C[C@H]3C. The highest BCUT2D eigenvalue weighted by Crippen LogP contribution is 2.73. The van der Waals surface area contributed by atoms with Crippen molar-refractivity contribution in [3.63, 3.8) is 0 Å². The Bertz CT molecular complexity index is 722. The molecule has 0 heterocycles. The molecule has 4 aliphatic rings. The van der Waals surface area contributed by atoms with Gasteiger partial charge in [0.05, 0.1) is 17.6 Å². The molecule has 25 heavy (non-hydrogen) atoms. The molecule has 2 bridgehead atoms. The molecule has 5 nitrogen and oxygen atoms in total. The largest absolute Gasteiger partial charge is 0.392 e. The topological polar surface area (TPSA) is 98.0 Å². The molecule has 1 spiro atoms. The van der Waals surface area contributed by atoms with Gasteiger partial charge in [0.2, 0.25) is 0 Å². The highest BCUT2D eigenvalue weighted by atomic mass is 16.3. The van der Waals surface area contributed by atoms with Crippen molar-refractivity contribution in [1.82, 2.24) is 0 Å². The Balaban J connectivity index is 1.98. The predicted octanol–water partition coefficient (Wildman–Crippen LogP) is 0.959. The lowest BCUT2D eigenvalue weighted by Gasteiger charge is -2.46. The molecule has 0 aromatic carbocycles. The van der Waals surface area contributed by atoms with Crippen LogP contribution >= 0.6 is 0 Å². The highest BCUT2D eigenvalue weighted by Gasteiger charge is 2.79. The summed E-state index contributed by atoms with van der Waals surface area (Å²) in [5.74, 6) is -1.24. The number of aliphatic hydroxyl groups is 4. The molecule has 2 saturated carbocycles. The lowest BCUT2D eigenvalue weighted by Crippen LogP contribution is -2.59. The Morgan fingerprint density at radius 3 is 2.48 bits per heavy atom. The number of carbonyl (C=O) groups excluding carboxylic acids is 1. The van der Waals surface area contributed by atoms with E-state index in [1.54, 1.807) is 19.1 Å². The fourth-order valence-corrected chi connectivity index (χ4v) is 6.51. The van der Waals surface area contributed by atoms with Gasteiger partial charge in [0, 0.05) is 23.7 Å². The number of aliphatic hydroxyl groups excluding tert-OH is 2. The monoisotopic (exact) mass is 348 g/mol. The second kappa shape index (κ2) is 4.63. The van der Waals surface area contributed by atoms with Crippen LogP contribution in [0.1, 0.15) is 40.5 Å². The normalized spacial score (nSPS) is 53.2. The van der Waals surface area contributed by atoms with E-state index in [0.29, 0.717) is 17.6 Å². The standard InChI is InChI=1S/C20H28O5/c1-10-6-18-11(2)7-19(24)14(17(19,3)4)13(16(18)23)5-12(9-21)8-20(18,25)15(10)22/h5-6,11,13-15,21-22,24-25H,7-9H2,1-4H3/t11-,13+,14-,15+,18+,19+,20+/m1/s1. The lowest BCUT2D eigenvalue weighted by molar-refractivity contribution is -0.163. The lowest BCUT2D eigenvalue weighted by atomic mass is 9.59. The van der Waals surface area contributed by atoms with Gasteiger partial charge in [-0.3, -0.25) is 4.79 Å². The van der Waals surface area contributed by atoms with E-state index in [2.05, 4.69) is 0 Å². The molecule has 0 unspecified atom stereocenters.